The van der Waals surface area contributed by atoms with Crippen LogP contribution in [-0.4, -0.2) is 39.9 Å². The number of carbonyl (C=O) groups is 2. The molecule has 7 heteroatoms. The van der Waals surface area contributed by atoms with Gasteiger partial charge in [-0.25, -0.2) is 9.78 Å². The van der Waals surface area contributed by atoms with Crippen LogP contribution >= 0.6 is 15.9 Å². The van der Waals surface area contributed by atoms with Gasteiger partial charge in [-0.05, 0) is 28.1 Å². The third-order valence-corrected chi connectivity index (χ3v) is 4.43. The van der Waals surface area contributed by atoms with Gasteiger partial charge in [-0.1, -0.05) is 12.1 Å². The molecule has 1 N–H and O–H groups in total. The number of nitrogens with one attached hydrogen (secondary N) is 1. The number of halogens is 1. The van der Waals surface area contributed by atoms with E-state index >= 15 is 0 Å². The minimum absolute atomic E-state index is 0.219. The molecule has 6 nitrogen and oxygen atoms in total. The van der Waals surface area contributed by atoms with Crippen LogP contribution in [0.2, 0.25) is 0 Å². The molecule has 0 saturated heterocycles. The van der Waals surface area contributed by atoms with Crippen molar-refractivity contribution in [3.8, 4) is 0 Å². The molecule has 2 aromatic rings. The molecule has 3 rings (SSSR count). The standard InChI is InChI=1S/C15H14BrN3O3/c1-22-15(21)13-6-11-12(18-8-17-11)7-19(13)14(20)9-4-2-3-5-10(9)16/h2-5,8,13H,6-7H2,1H3,(H,17,18). The van der Waals surface area contributed by atoms with E-state index in [2.05, 4.69) is 25.9 Å². The first kappa shape index (κ1) is 14.8. The monoisotopic (exact) mass is 363 g/mol. The molecule has 2 heterocycles. The zero-order valence-electron chi connectivity index (χ0n) is 11.9. The van der Waals surface area contributed by atoms with E-state index in [-0.39, 0.29) is 5.91 Å². The Bertz CT molecular complexity index is 728. The van der Waals surface area contributed by atoms with Crippen molar-refractivity contribution in [1.29, 1.82) is 0 Å². The molecule has 0 saturated carbocycles. The maximum atomic E-state index is 12.8. The number of benzene rings is 1. The fourth-order valence-corrected chi connectivity index (χ4v) is 3.04. The number of esters is 1. The van der Waals surface area contributed by atoms with E-state index in [4.69, 9.17) is 4.74 Å². The average molecular weight is 364 g/mol. The number of carbonyl (C=O) groups excluding carboxylic acids is 2. The number of rotatable bonds is 2. The fourth-order valence-electron chi connectivity index (χ4n) is 2.59. The van der Waals surface area contributed by atoms with Crippen LogP contribution in [0.15, 0.2) is 35.1 Å². The predicted molar refractivity (Wildman–Crippen MR) is 82.1 cm³/mol. The van der Waals surface area contributed by atoms with Crippen molar-refractivity contribution < 1.29 is 14.3 Å². The highest BCUT2D eigenvalue weighted by molar-refractivity contribution is 9.10. The molecule has 0 aliphatic carbocycles. The van der Waals surface area contributed by atoms with Gasteiger partial charge in [0.1, 0.15) is 6.04 Å². The Morgan fingerprint density at radius 3 is 2.91 bits per heavy atom. The van der Waals surface area contributed by atoms with Crippen LogP contribution in [0.1, 0.15) is 21.7 Å². The zero-order valence-corrected chi connectivity index (χ0v) is 13.5. The van der Waals surface area contributed by atoms with Crippen molar-refractivity contribution in [3.05, 3.63) is 52.0 Å². The van der Waals surface area contributed by atoms with Gasteiger partial charge in [-0.15, -0.1) is 0 Å². The molecule has 1 unspecified atom stereocenters. The van der Waals surface area contributed by atoms with Crippen molar-refractivity contribution in [1.82, 2.24) is 14.9 Å². The molecule has 1 atom stereocenters. The largest absolute Gasteiger partial charge is 0.467 e. The molecule has 0 radical (unpaired) electrons. The van der Waals surface area contributed by atoms with Gasteiger partial charge in [0.05, 0.1) is 36.9 Å². The van der Waals surface area contributed by atoms with E-state index in [9.17, 15) is 9.59 Å². The summed E-state index contributed by atoms with van der Waals surface area (Å²) in [6, 6.07) is 6.48. The summed E-state index contributed by atoms with van der Waals surface area (Å²) in [6.45, 7) is 0.301. The molecule has 1 amide bonds. The number of fused-ring (bicyclic) bond motifs is 1. The lowest BCUT2D eigenvalue weighted by Gasteiger charge is -2.33. The molecule has 1 aliphatic heterocycles. The lowest BCUT2D eigenvalue weighted by atomic mass is 10.0. The Morgan fingerprint density at radius 1 is 1.41 bits per heavy atom. The number of amides is 1. The number of hydrogen-bond acceptors (Lipinski definition) is 4. The van der Waals surface area contributed by atoms with Gasteiger partial charge in [0, 0.05) is 10.9 Å². The Labute approximate surface area is 135 Å². The second kappa shape index (κ2) is 5.92. The first-order valence-electron chi connectivity index (χ1n) is 6.76. The van der Waals surface area contributed by atoms with Crippen molar-refractivity contribution >= 4 is 27.8 Å². The minimum Gasteiger partial charge on any atom is -0.467 e. The van der Waals surface area contributed by atoms with E-state index in [0.29, 0.717) is 23.0 Å². The maximum absolute atomic E-state index is 12.8. The summed E-state index contributed by atoms with van der Waals surface area (Å²) in [6.07, 6.45) is 1.92. The third kappa shape index (κ3) is 2.52. The molecule has 1 aromatic carbocycles. The van der Waals surface area contributed by atoms with Gasteiger partial charge in [-0.3, -0.25) is 4.79 Å². The van der Waals surface area contributed by atoms with E-state index in [1.165, 1.54) is 12.0 Å². The second-order valence-electron chi connectivity index (χ2n) is 4.98. The first-order valence-corrected chi connectivity index (χ1v) is 7.55. The van der Waals surface area contributed by atoms with E-state index in [1.54, 1.807) is 24.5 Å². The number of aromatic amines is 1. The average Bonchev–Trinajstić information content (AvgIpc) is 3.00. The molecular formula is C15H14BrN3O3. The van der Waals surface area contributed by atoms with Crippen molar-refractivity contribution in [2.24, 2.45) is 0 Å². The highest BCUT2D eigenvalue weighted by atomic mass is 79.9. The number of nitrogens with zero attached hydrogens (tertiary/aromatic N) is 2. The van der Waals surface area contributed by atoms with E-state index in [0.717, 1.165) is 11.4 Å². The lowest BCUT2D eigenvalue weighted by Crippen LogP contribution is -2.49. The number of hydrogen-bond donors (Lipinski definition) is 1. The Morgan fingerprint density at radius 2 is 2.18 bits per heavy atom. The van der Waals surface area contributed by atoms with E-state index in [1.807, 2.05) is 6.07 Å². The number of ether oxygens (including phenoxy) is 1. The highest BCUT2D eigenvalue weighted by Crippen LogP contribution is 2.26. The van der Waals surface area contributed by atoms with Crippen LogP contribution in [0.5, 0.6) is 0 Å². The van der Waals surface area contributed by atoms with Gasteiger partial charge < -0.3 is 14.6 Å². The molecule has 114 valence electrons. The van der Waals surface area contributed by atoms with Crippen molar-refractivity contribution in [3.63, 3.8) is 0 Å². The predicted octanol–water partition coefficient (Wildman–Crippen LogP) is 1.91. The molecule has 1 aromatic heterocycles. The summed E-state index contributed by atoms with van der Waals surface area (Å²) < 4.78 is 5.54. The molecule has 22 heavy (non-hydrogen) atoms. The molecule has 0 spiro atoms. The second-order valence-corrected chi connectivity index (χ2v) is 5.84. The Balaban J connectivity index is 1.97. The van der Waals surface area contributed by atoms with Crippen LogP contribution < -0.4 is 0 Å². The lowest BCUT2D eigenvalue weighted by molar-refractivity contribution is -0.146. The molecular weight excluding hydrogens is 350 g/mol. The molecule has 1 aliphatic rings. The molecule has 0 bridgehead atoms. The van der Waals surface area contributed by atoms with Gasteiger partial charge in [0.2, 0.25) is 0 Å². The van der Waals surface area contributed by atoms with Gasteiger partial charge in [-0.2, -0.15) is 0 Å². The summed E-state index contributed by atoms with van der Waals surface area (Å²) in [7, 11) is 1.32. The van der Waals surface area contributed by atoms with Crippen LogP contribution in [0, 0.1) is 0 Å². The third-order valence-electron chi connectivity index (χ3n) is 3.74. The molecule has 0 fully saturated rings. The van der Waals surface area contributed by atoms with Crippen molar-refractivity contribution in [2.45, 2.75) is 19.0 Å². The zero-order chi connectivity index (χ0) is 15.7. The first-order chi connectivity index (χ1) is 10.6. The Kier molecular flexibility index (Phi) is 3.98. The number of methoxy groups -OCH3 is 1. The van der Waals surface area contributed by atoms with Crippen molar-refractivity contribution in [2.75, 3.05) is 7.11 Å². The summed E-state index contributed by atoms with van der Waals surface area (Å²) >= 11 is 3.38. The van der Waals surface area contributed by atoms with Gasteiger partial charge in [0.25, 0.3) is 5.91 Å². The maximum Gasteiger partial charge on any atom is 0.329 e. The summed E-state index contributed by atoms with van der Waals surface area (Å²) in [5.41, 5.74) is 2.16. The summed E-state index contributed by atoms with van der Waals surface area (Å²) in [5.74, 6) is -0.655. The van der Waals surface area contributed by atoms with Crippen LogP contribution in [0.3, 0.4) is 0 Å². The summed E-state index contributed by atoms with van der Waals surface area (Å²) in [5, 5.41) is 0. The van der Waals surface area contributed by atoms with Crippen LogP contribution in [-0.2, 0) is 22.5 Å². The van der Waals surface area contributed by atoms with Gasteiger partial charge in [0.15, 0.2) is 0 Å². The fraction of sp³-hybridized carbons (Fsp3) is 0.267. The smallest absolute Gasteiger partial charge is 0.329 e. The number of H-pyrrole nitrogens is 1. The minimum atomic E-state index is -0.666. The number of aromatic nitrogens is 2. The van der Waals surface area contributed by atoms with Crippen LogP contribution in [0.4, 0.5) is 0 Å². The summed E-state index contributed by atoms with van der Waals surface area (Å²) in [4.78, 5) is 33.6. The normalized spacial score (nSPS) is 17.0. The highest BCUT2D eigenvalue weighted by Gasteiger charge is 2.37. The number of imidazole rings is 1. The SMILES string of the molecule is COC(=O)C1Cc2nc[nH]c2CN1C(=O)c1ccccc1Br. The van der Waals surface area contributed by atoms with Gasteiger partial charge >= 0.3 is 5.97 Å². The quantitative estimate of drug-likeness (QED) is 0.827. The van der Waals surface area contributed by atoms with E-state index < -0.39 is 12.0 Å². The van der Waals surface area contributed by atoms with Crippen LogP contribution in [0.25, 0.3) is 0 Å². The topological polar surface area (TPSA) is 75.3 Å². The Hall–Kier alpha value is -2.15.